The second-order valence-corrected chi connectivity index (χ2v) is 8.23. The average Bonchev–Trinajstić information content (AvgIpc) is 3.25. The van der Waals surface area contributed by atoms with E-state index in [4.69, 9.17) is 22.3 Å². The molecule has 0 radical (unpaired) electrons. The monoisotopic (exact) mass is 426 g/mol. The SMILES string of the molecule is CCc1[nH]c2nc(Nc3cnc4c(c3)nnn4C(C)C)nc(N3CC(N)C3)c2c1Cl. The standard InChI is InChI=1S/C19H23ClN10/c1-4-12-15(20)14-16(24-12)25-19(26-18(14)29-7-10(21)8-29)23-11-5-13-17(22-6-11)30(9(2)3)28-27-13/h5-6,9-10H,4,7-8,21H2,1-3H3,(H2,23,24,25,26). The fraction of sp³-hybridized carbons (Fsp3) is 0.421. The summed E-state index contributed by atoms with van der Waals surface area (Å²) < 4.78 is 1.79. The fourth-order valence-electron chi connectivity index (χ4n) is 3.68. The molecule has 0 saturated carbocycles. The highest BCUT2D eigenvalue weighted by molar-refractivity contribution is 6.37. The van der Waals surface area contributed by atoms with Gasteiger partial charge in [-0.3, -0.25) is 0 Å². The number of rotatable bonds is 5. The zero-order valence-electron chi connectivity index (χ0n) is 17.0. The van der Waals surface area contributed by atoms with Crippen LogP contribution in [-0.2, 0) is 6.42 Å². The summed E-state index contributed by atoms with van der Waals surface area (Å²) in [6.07, 6.45) is 2.51. The van der Waals surface area contributed by atoms with Crippen LogP contribution in [0.2, 0.25) is 5.02 Å². The van der Waals surface area contributed by atoms with Gasteiger partial charge in [0.1, 0.15) is 17.0 Å². The first kappa shape index (κ1) is 19.0. The van der Waals surface area contributed by atoms with E-state index < -0.39 is 0 Å². The molecule has 1 aliphatic heterocycles. The first-order chi connectivity index (χ1) is 14.4. The van der Waals surface area contributed by atoms with Crippen molar-refractivity contribution in [3.63, 3.8) is 0 Å². The van der Waals surface area contributed by atoms with E-state index >= 15 is 0 Å². The molecule has 0 bridgehead atoms. The van der Waals surface area contributed by atoms with Gasteiger partial charge in [0.25, 0.3) is 0 Å². The lowest BCUT2D eigenvalue weighted by Crippen LogP contribution is -2.56. The van der Waals surface area contributed by atoms with E-state index in [-0.39, 0.29) is 12.1 Å². The number of aromatic nitrogens is 7. The van der Waals surface area contributed by atoms with Crippen LogP contribution in [0.4, 0.5) is 17.5 Å². The van der Waals surface area contributed by atoms with Crippen LogP contribution in [0.5, 0.6) is 0 Å². The van der Waals surface area contributed by atoms with Crippen molar-refractivity contribution >= 4 is 51.3 Å². The molecule has 5 rings (SSSR count). The van der Waals surface area contributed by atoms with E-state index in [0.29, 0.717) is 22.1 Å². The number of aromatic amines is 1. The molecule has 1 aliphatic rings. The molecule has 11 heteroatoms. The lowest BCUT2D eigenvalue weighted by atomic mass is 10.1. The average molecular weight is 427 g/mol. The van der Waals surface area contributed by atoms with Gasteiger partial charge in [-0.2, -0.15) is 9.97 Å². The second-order valence-electron chi connectivity index (χ2n) is 7.85. The Bertz CT molecular complexity index is 1240. The van der Waals surface area contributed by atoms with Crippen LogP contribution in [0.25, 0.3) is 22.2 Å². The number of nitrogens with two attached hydrogens (primary N) is 1. The summed E-state index contributed by atoms with van der Waals surface area (Å²) >= 11 is 6.61. The predicted molar refractivity (Wildman–Crippen MR) is 117 cm³/mol. The van der Waals surface area contributed by atoms with Crippen molar-refractivity contribution in [2.24, 2.45) is 5.73 Å². The molecule has 0 unspecified atom stereocenters. The number of hydrogen-bond donors (Lipinski definition) is 3. The molecule has 1 saturated heterocycles. The third-order valence-electron chi connectivity index (χ3n) is 5.26. The molecule has 4 aromatic heterocycles. The maximum Gasteiger partial charge on any atom is 0.231 e. The zero-order chi connectivity index (χ0) is 21.0. The summed E-state index contributed by atoms with van der Waals surface area (Å²) in [7, 11) is 0. The van der Waals surface area contributed by atoms with E-state index in [0.717, 1.165) is 47.7 Å². The second kappa shape index (κ2) is 7.06. The van der Waals surface area contributed by atoms with Crippen LogP contribution < -0.4 is 16.0 Å². The van der Waals surface area contributed by atoms with Gasteiger partial charge < -0.3 is 20.9 Å². The number of nitrogens with one attached hydrogen (secondary N) is 2. The zero-order valence-corrected chi connectivity index (χ0v) is 17.8. The molecule has 0 amide bonds. The third kappa shape index (κ3) is 3.03. The molecular formula is C19H23ClN10. The Morgan fingerprint density at radius 1 is 1.33 bits per heavy atom. The molecular weight excluding hydrogens is 404 g/mol. The third-order valence-corrected chi connectivity index (χ3v) is 5.68. The highest BCUT2D eigenvalue weighted by Crippen LogP contribution is 2.36. The van der Waals surface area contributed by atoms with Crippen molar-refractivity contribution < 1.29 is 0 Å². The smallest absolute Gasteiger partial charge is 0.231 e. The van der Waals surface area contributed by atoms with Crippen LogP contribution in [0.1, 0.15) is 32.5 Å². The Balaban J connectivity index is 1.55. The van der Waals surface area contributed by atoms with E-state index in [1.165, 1.54) is 0 Å². The number of H-pyrrole nitrogens is 1. The van der Waals surface area contributed by atoms with Gasteiger partial charge in [-0.1, -0.05) is 23.7 Å². The Morgan fingerprint density at radius 3 is 2.83 bits per heavy atom. The van der Waals surface area contributed by atoms with Crippen LogP contribution >= 0.6 is 11.6 Å². The van der Waals surface area contributed by atoms with Gasteiger partial charge in [0, 0.05) is 24.8 Å². The highest BCUT2D eigenvalue weighted by atomic mass is 35.5. The van der Waals surface area contributed by atoms with Gasteiger partial charge >= 0.3 is 0 Å². The highest BCUT2D eigenvalue weighted by Gasteiger charge is 2.29. The van der Waals surface area contributed by atoms with Crippen molar-refractivity contribution in [3.8, 4) is 0 Å². The summed E-state index contributed by atoms with van der Waals surface area (Å²) in [5.41, 5.74) is 9.82. The molecule has 10 nitrogen and oxygen atoms in total. The molecule has 4 N–H and O–H groups in total. The molecule has 156 valence electrons. The largest absolute Gasteiger partial charge is 0.353 e. The quantitative estimate of drug-likeness (QED) is 0.444. The number of pyridine rings is 1. The van der Waals surface area contributed by atoms with Gasteiger partial charge in [-0.15, -0.1) is 5.10 Å². The number of nitrogens with zero attached hydrogens (tertiary/aromatic N) is 7. The summed E-state index contributed by atoms with van der Waals surface area (Å²) in [5, 5.41) is 13.1. The minimum atomic E-state index is 0.143. The maximum absolute atomic E-state index is 6.61. The molecule has 0 aromatic carbocycles. The van der Waals surface area contributed by atoms with Crippen LogP contribution in [0.3, 0.4) is 0 Å². The topological polar surface area (TPSA) is 126 Å². The summed E-state index contributed by atoms with van der Waals surface area (Å²) in [4.78, 5) is 19.3. The van der Waals surface area contributed by atoms with Crippen LogP contribution in [0, 0.1) is 0 Å². The lowest BCUT2D eigenvalue weighted by molar-refractivity contribution is 0.516. The maximum atomic E-state index is 6.61. The van der Waals surface area contributed by atoms with Gasteiger partial charge in [0.15, 0.2) is 5.65 Å². The number of hydrogen-bond acceptors (Lipinski definition) is 8. The van der Waals surface area contributed by atoms with Gasteiger partial charge in [-0.05, 0) is 26.3 Å². The van der Waals surface area contributed by atoms with E-state index in [9.17, 15) is 0 Å². The summed E-state index contributed by atoms with van der Waals surface area (Å²) in [6, 6.07) is 2.22. The Morgan fingerprint density at radius 2 is 2.13 bits per heavy atom. The van der Waals surface area contributed by atoms with Crippen LogP contribution in [-0.4, -0.2) is 54.1 Å². The van der Waals surface area contributed by atoms with Crippen LogP contribution in [0.15, 0.2) is 12.3 Å². The van der Waals surface area contributed by atoms with Crippen molar-refractivity contribution in [1.82, 2.24) is 34.9 Å². The molecule has 0 aliphatic carbocycles. The Labute approximate surface area is 177 Å². The molecule has 0 atom stereocenters. The Kier molecular flexibility index (Phi) is 4.48. The van der Waals surface area contributed by atoms with Crippen molar-refractivity contribution in [3.05, 3.63) is 23.0 Å². The number of aryl methyl sites for hydroxylation is 1. The Hall–Kier alpha value is -2.98. The first-order valence-corrected chi connectivity index (χ1v) is 10.4. The van der Waals surface area contributed by atoms with Crippen molar-refractivity contribution in [1.29, 1.82) is 0 Å². The minimum absolute atomic E-state index is 0.143. The number of halogens is 1. The lowest BCUT2D eigenvalue weighted by Gasteiger charge is -2.38. The number of fused-ring (bicyclic) bond motifs is 2. The summed E-state index contributed by atoms with van der Waals surface area (Å²) in [6.45, 7) is 7.61. The molecule has 5 heterocycles. The molecule has 0 spiro atoms. The molecule has 30 heavy (non-hydrogen) atoms. The first-order valence-electron chi connectivity index (χ1n) is 10.0. The van der Waals surface area contributed by atoms with E-state index in [1.54, 1.807) is 10.9 Å². The normalized spacial score (nSPS) is 14.8. The van der Waals surface area contributed by atoms with E-state index in [2.05, 4.69) is 35.5 Å². The predicted octanol–water partition coefficient (Wildman–Crippen LogP) is 2.79. The van der Waals surface area contributed by atoms with Gasteiger partial charge in [0.05, 0.1) is 28.3 Å². The van der Waals surface area contributed by atoms with Crippen molar-refractivity contribution in [2.45, 2.75) is 39.3 Å². The summed E-state index contributed by atoms with van der Waals surface area (Å²) in [5.74, 6) is 1.24. The minimum Gasteiger partial charge on any atom is -0.353 e. The molecule has 4 aromatic rings. The molecule has 1 fully saturated rings. The number of anilines is 3. The fourth-order valence-corrected chi connectivity index (χ4v) is 4.04. The van der Waals surface area contributed by atoms with E-state index in [1.807, 2.05) is 26.8 Å². The van der Waals surface area contributed by atoms with Gasteiger partial charge in [-0.25, -0.2) is 9.67 Å². The van der Waals surface area contributed by atoms with Crippen molar-refractivity contribution in [2.75, 3.05) is 23.3 Å². The van der Waals surface area contributed by atoms with Gasteiger partial charge in [0.2, 0.25) is 5.95 Å².